The van der Waals surface area contributed by atoms with Crippen LogP contribution in [0, 0.1) is 5.82 Å². The minimum atomic E-state index is -0.198. The fraction of sp³-hybridized carbons (Fsp3) is 0.571. The van der Waals surface area contributed by atoms with Crippen molar-refractivity contribution in [1.82, 2.24) is 4.90 Å². The van der Waals surface area contributed by atoms with E-state index in [1.54, 1.807) is 19.2 Å². The lowest BCUT2D eigenvalue weighted by atomic mass is 9.98. The van der Waals surface area contributed by atoms with E-state index in [1.165, 1.54) is 6.07 Å². The first kappa shape index (κ1) is 13.3. The summed E-state index contributed by atoms with van der Waals surface area (Å²) >= 11 is 0. The second-order valence-corrected chi connectivity index (χ2v) is 5.06. The summed E-state index contributed by atoms with van der Waals surface area (Å²) < 4.78 is 18.9. The predicted octanol–water partition coefficient (Wildman–Crippen LogP) is 2.15. The minimum absolute atomic E-state index is 0.198. The van der Waals surface area contributed by atoms with Gasteiger partial charge in [-0.1, -0.05) is 6.07 Å². The summed E-state index contributed by atoms with van der Waals surface area (Å²) in [6.07, 6.45) is 1.97. The zero-order valence-corrected chi connectivity index (χ0v) is 11.0. The number of halogens is 1. The molecule has 1 aromatic carbocycles. The van der Waals surface area contributed by atoms with Crippen molar-refractivity contribution in [3.05, 3.63) is 29.6 Å². The van der Waals surface area contributed by atoms with Gasteiger partial charge in [0.15, 0.2) is 0 Å². The summed E-state index contributed by atoms with van der Waals surface area (Å²) in [6, 6.07) is 5.75. The molecule has 4 heteroatoms. The van der Waals surface area contributed by atoms with Crippen LogP contribution < -0.4 is 10.5 Å². The maximum Gasteiger partial charge on any atom is 0.131 e. The van der Waals surface area contributed by atoms with Crippen molar-refractivity contribution in [1.29, 1.82) is 0 Å². The third kappa shape index (κ3) is 3.00. The lowest BCUT2D eigenvalue weighted by Gasteiger charge is -2.36. The van der Waals surface area contributed by atoms with Gasteiger partial charge in [0.2, 0.25) is 0 Å². The molecule has 100 valence electrons. The molecule has 0 spiro atoms. The van der Waals surface area contributed by atoms with Crippen LogP contribution in [0.1, 0.15) is 25.3 Å². The molecule has 1 heterocycles. The Hall–Kier alpha value is -1.13. The van der Waals surface area contributed by atoms with Crippen molar-refractivity contribution in [2.45, 2.75) is 38.4 Å². The summed E-state index contributed by atoms with van der Waals surface area (Å²) in [5.74, 6) is 0.362. The SMILES string of the molecule is COc1ccc(CN2CCC(N)CC2C)c(F)c1. The Morgan fingerprint density at radius 3 is 2.89 bits per heavy atom. The van der Waals surface area contributed by atoms with Gasteiger partial charge in [0.05, 0.1) is 7.11 Å². The Bertz CT molecular complexity index is 411. The lowest BCUT2D eigenvalue weighted by molar-refractivity contribution is 0.138. The van der Waals surface area contributed by atoms with E-state index in [9.17, 15) is 4.39 Å². The van der Waals surface area contributed by atoms with Crippen LogP contribution in [-0.2, 0) is 6.54 Å². The van der Waals surface area contributed by atoms with Crippen LogP contribution in [0.15, 0.2) is 18.2 Å². The maximum absolute atomic E-state index is 13.9. The Kier molecular flexibility index (Phi) is 4.19. The average molecular weight is 252 g/mol. The van der Waals surface area contributed by atoms with E-state index in [2.05, 4.69) is 11.8 Å². The molecule has 1 aromatic rings. The molecule has 2 atom stereocenters. The Balaban J connectivity index is 2.05. The number of nitrogens with two attached hydrogens (primary N) is 1. The summed E-state index contributed by atoms with van der Waals surface area (Å²) in [7, 11) is 1.54. The molecule has 0 radical (unpaired) electrons. The first-order valence-corrected chi connectivity index (χ1v) is 6.42. The molecule has 2 rings (SSSR count). The van der Waals surface area contributed by atoms with Gasteiger partial charge < -0.3 is 10.5 Å². The van der Waals surface area contributed by atoms with Gasteiger partial charge in [-0.3, -0.25) is 4.90 Å². The quantitative estimate of drug-likeness (QED) is 0.895. The van der Waals surface area contributed by atoms with Crippen molar-refractivity contribution >= 4 is 0 Å². The summed E-state index contributed by atoms with van der Waals surface area (Å²) in [6.45, 7) is 3.73. The van der Waals surface area contributed by atoms with Crippen molar-refractivity contribution in [3.63, 3.8) is 0 Å². The number of hydrogen-bond acceptors (Lipinski definition) is 3. The van der Waals surface area contributed by atoms with Gasteiger partial charge in [-0.2, -0.15) is 0 Å². The molecular formula is C14H21FN2O. The van der Waals surface area contributed by atoms with E-state index in [1.807, 2.05) is 0 Å². The zero-order valence-electron chi connectivity index (χ0n) is 11.0. The zero-order chi connectivity index (χ0) is 13.1. The van der Waals surface area contributed by atoms with Crippen molar-refractivity contribution in [2.75, 3.05) is 13.7 Å². The Morgan fingerprint density at radius 2 is 2.28 bits per heavy atom. The van der Waals surface area contributed by atoms with E-state index in [0.29, 0.717) is 18.3 Å². The summed E-state index contributed by atoms with van der Waals surface area (Å²) in [5.41, 5.74) is 6.65. The largest absolute Gasteiger partial charge is 0.497 e. The molecule has 0 saturated carbocycles. The lowest BCUT2D eigenvalue weighted by Crippen LogP contribution is -2.45. The van der Waals surface area contributed by atoms with Crippen LogP contribution in [0.4, 0.5) is 4.39 Å². The van der Waals surface area contributed by atoms with Crippen molar-refractivity contribution in [3.8, 4) is 5.75 Å². The van der Waals surface area contributed by atoms with Crippen molar-refractivity contribution in [2.24, 2.45) is 5.73 Å². The maximum atomic E-state index is 13.9. The van der Waals surface area contributed by atoms with E-state index < -0.39 is 0 Å². The average Bonchev–Trinajstić information content (AvgIpc) is 2.34. The normalized spacial score (nSPS) is 25.1. The molecule has 3 nitrogen and oxygen atoms in total. The van der Waals surface area contributed by atoms with Gasteiger partial charge in [-0.15, -0.1) is 0 Å². The van der Waals surface area contributed by atoms with E-state index >= 15 is 0 Å². The molecule has 0 aromatic heterocycles. The Labute approximate surface area is 108 Å². The van der Waals surface area contributed by atoms with E-state index in [4.69, 9.17) is 10.5 Å². The molecule has 2 unspecified atom stereocenters. The van der Waals surface area contributed by atoms with Crippen LogP contribution in [-0.4, -0.2) is 30.6 Å². The molecule has 1 saturated heterocycles. The number of piperidine rings is 1. The monoisotopic (exact) mass is 252 g/mol. The van der Waals surface area contributed by atoms with Gasteiger partial charge in [0.25, 0.3) is 0 Å². The second kappa shape index (κ2) is 5.67. The molecule has 1 fully saturated rings. The smallest absolute Gasteiger partial charge is 0.131 e. The second-order valence-electron chi connectivity index (χ2n) is 5.06. The van der Waals surface area contributed by atoms with Gasteiger partial charge in [0.1, 0.15) is 11.6 Å². The van der Waals surface area contributed by atoms with Crippen LogP contribution >= 0.6 is 0 Å². The van der Waals surface area contributed by atoms with E-state index in [0.717, 1.165) is 24.9 Å². The first-order chi connectivity index (χ1) is 8.60. The van der Waals surface area contributed by atoms with Gasteiger partial charge >= 0.3 is 0 Å². The highest BCUT2D eigenvalue weighted by atomic mass is 19.1. The molecule has 18 heavy (non-hydrogen) atoms. The highest BCUT2D eigenvalue weighted by Crippen LogP contribution is 2.22. The third-order valence-corrected chi connectivity index (χ3v) is 3.69. The number of likely N-dealkylation sites (tertiary alicyclic amines) is 1. The van der Waals surface area contributed by atoms with Gasteiger partial charge in [0, 0.05) is 36.8 Å². The highest BCUT2D eigenvalue weighted by molar-refractivity contribution is 5.28. The van der Waals surface area contributed by atoms with Crippen molar-refractivity contribution < 1.29 is 9.13 Å². The number of methoxy groups -OCH3 is 1. The van der Waals surface area contributed by atoms with Crippen LogP contribution in [0.2, 0.25) is 0 Å². The van der Waals surface area contributed by atoms with Gasteiger partial charge in [-0.05, 0) is 25.8 Å². The number of rotatable bonds is 3. The minimum Gasteiger partial charge on any atom is -0.497 e. The van der Waals surface area contributed by atoms with Crippen LogP contribution in [0.3, 0.4) is 0 Å². The fourth-order valence-corrected chi connectivity index (χ4v) is 2.49. The number of benzene rings is 1. The van der Waals surface area contributed by atoms with Crippen LogP contribution in [0.25, 0.3) is 0 Å². The molecular weight excluding hydrogens is 231 g/mol. The predicted molar refractivity (Wildman–Crippen MR) is 70.0 cm³/mol. The van der Waals surface area contributed by atoms with Gasteiger partial charge in [-0.25, -0.2) is 4.39 Å². The molecule has 0 amide bonds. The number of nitrogens with zero attached hydrogens (tertiary/aromatic N) is 1. The number of hydrogen-bond donors (Lipinski definition) is 1. The molecule has 1 aliphatic heterocycles. The number of ether oxygens (including phenoxy) is 1. The molecule has 1 aliphatic rings. The highest BCUT2D eigenvalue weighted by Gasteiger charge is 2.23. The topological polar surface area (TPSA) is 38.5 Å². The summed E-state index contributed by atoms with van der Waals surface area (Å²) in [4.78, 5) is 2.29. The van der Waals surface area contributed by atoms with E-state index in [-0.39, 0.29) is 11.9 Å². The fourth-order valence-electron chi connectivity index (χ4n) is 2.49. The summed E-state index contributed by atoms with van der Waals surface area (Å²) in [5, 5.41) is 0. The molecule has 2 N–H and O–H groups in total. The molecule has 0 bridgehead atoms. The molecule has 0 aliphatic carbocycles. The Morgan fingerprint density at radius 1 is 1.50 bits per heavy atom. The standard InChI is InChI=1S/C14H21FN2O/c1-10-7-12(16)5-6-17(10)9-11-3-4-13(18-2)8-14(11)15/h3-4,8,10,12H,5-7,9,16H2,1-2H3. The van der Waals surface area contributed by atoms with Crippen LogP contribution in [0.5, 0.6) is 5.75 Å². The third-order valence-electron chi connectivity index (χ3n) is 3.69. The first-order valence-electron chi connectivity index (χ1n) is 6.42.